The van der Waals surface area contributed by atoms with Crippen LogP contribution < -0.4 is 15.4 Å². The van der Waals surface area contributed by atoms with Gasteiger partial charge in [0.15, 0.2) is 5.96 Å². The Hall–Kier alpha value is -1.84. The minimum atomic E-state index is 0. The number of methoxy groups -OCH3 is 1. The summed E-state index contributed by atoms with van der Waals surface area (Å²) in [5.74, 6) is 1.39. The summed E-state index contributed by atoms with van der Waals surface area (Å²) in [6, 6.07) is 5.77. The number of pyridine rings is 1. The standard InChI is InChI=1S/C15H22N6O.HI/c1-16-15(18-6-3-9-21-10-4-7-20-21)19-12-13-5-8-17-14(11-13)22-2;/h4-5,7-8,10-11H,3,6,9,12H2,1-2H3,(H2,16,18,19);1H. The number of aliphatic imine (C=N–C) groups is 1. The summed E-state index contributed by atoms with van der Waals surface area (Å²) in [6.07, 6.45) is 6.46. The minimum Gasteiger partial charge on any atom is -0.481 e. The molecule has 0 spiro atoms. The molecule has 2 rings (SSSR count). The van der Waals surface area contributed by atoms with Crippen molar-refractivity contribution in [1.82, 2.24) is 25.4 Å². The molecule has 0 aromatic carbocycles. The molecule has 0 saturated heterocycles. The molecule has 0 radical (unpaired) electrons. The maximum Gasteiger partial charge on any atom is 0.213 e. The van der Waals surface area contributed by atoms with Gasteiger partial charge in [0.1, 0.15) is 0 Å². The average Bonchev–Trinajstić information content (AvgIpc) is 3.08. The predicted octanol–water partition coefficient (Wildman–Crippen LogP) is 1.66. The number of hydrogen-bond donors (Lipinski definition) is 2. The van der Waals surface area contributed by atoms with E-state index in [4.69, 9.17) is 4.74 Å². The van der Waals surface area contributed by atoms with Crippen LogP contribution in [-0.4, -0.2) is 41.4 Å². The lowest BCUT2D eigenvalue weighted by Crippen LogP contribution is -2.37. The molecule has 0 unspecified atom stereocenters. The van der Waals surface area contributed by atoms with Gasteiger partial charge < -0.3 is 15.4 Å². The van der Waals surface area contributed by atoms with Crippen molar-refractivity contribution in [2.75, 3.05) is 20.7 Å². The number of aromatic nitrogens is 3. The van der Waals surface area contributed by atoms with E-state index in [0.29, 0.717) is 12.4 Å². The van der Waals surface area contributed by atoms with Gasteiger partial charge in [0.05, 0.1) is 7.11 Å². The van der Waals surface area contributed by atoms with Gasteiger partial charge in [0.2, 0.25) is 5.88 Å². The number of hydrogen-bond acceptors (Lipinski definition) is 4. The maximum atomic E-state index is 5.11. The van der Waals surface area contributed by atoms with E-state index >= 15 is 0 Å². The van der Waals surface area contributed by atoms with Crippen LogP contribution in [0.1, 0.15) is 12.0 Å². The van der Waals surface area contributed by atoms with Crippen molar-refractivity contribution in [1.29, 1.82) is 0 Å². The van der Waals surface area contributed by atoms with Crippen molar-refractivity contribution in [2.24, 2.45) is 4.99 Å². The van der Waals surface area contributed by atoms with Gasteiger partial charge in [-0.05, 0) is 24.1 Å². The SMILES string of the molecule is CN=C(NCCCn1cccn1)NCc1ccnc(OC)c1.I. The molecule has 2 aromatic rings. The molecule has 126 valence electrons. The zero-order valence-electron chi connectivity index (χ0n) is 13.4. The smallest absolute Gasteiger partial charge is 0.213 e. The number of ether oxygens (including phenoxy) is 1. The first-order valence-corrected chi connectivity index (χ1v) is 7.22. The predicted molar refractivity (Wildman–Crippen MR) is 101 cm³/mol. The molecule has 23 heavy (non-hydrogen) atoms. The van der Waals surface area contributed by atoms with E-state index in [-0.39, 0.29) is 24.0 Å². The summed E-state index contributed by atoms with van der Waals surface area (Å²) in [6.45, 7) is 2.38. The topological polar surface area (TPSA) is 76.4 Å². The number of guanidine groups is 1. The van der Waals surface area contributed by atoms with Gasteiger partial charge in [-0.2, -0.15) is 5.10 Å². The van der Waals surface area contributed by atoms with Crippen LogP contribution >= 0.6 is 24.0 Å². The number of rotatable bonds is 7. The van der Waals surface area contributed by atoms with Crippen molar-refractivity contribution in [3.63, 3.8) is 0 Å². The molecule has 8 heteroatoms. The third kappa shape index (κ3) is 6.85. The van der Waals surface area contributed by atoms with Crippen LogP contribution in [0, 0.1) is 0 Å². The fourth-order valence-corrected chi connectivity index (χ4v) is 1.96. The van der Waals surface area contributed by atoms with E-state index in [0.717, 1.165) is 31.0 Å². The number of nitrogens with zero attached hydrogens (tertiary/aromatic N) is 4. The second-order valence-corrected chi connectivity index (χ2v) is 4.68. The Bertz CT molecular complexity index is 587. The Morgan fingerprint density at radius 3 is 2.91 bits per heavy atom. The highest BCUT2D eigenvalue weighted by Crippen LogP contribution is 2.07. The first kappa shape index (κ1) is 19.2. The van der Waals surface area contributed by atoms with Crippen LogP contribution in [0.4, 0.5) is 0 Å². The highest BCUT2D eigenvalue weighted by molar-refractivity contribution is 14.0. The normalized spacial score (nSPS) is 10.8. The summed E-state index contributed by atoms with van der Waals surface area (Å²) in [7, 11) is 3.37. The van der Waals surface area contributed by atoms with Gasteiger partial charge in [-0.1, -0.05) is 0 Å². The maximum absolute atomic E-state index is 5.11. The molecule has 2 N–H and O–H groups in total. The van der Waals surface area contributed by atoms with E-state index in [1.165, 1.54) is 0 Å². The molecule has 0 aliphatic heterocycles. The Morgan fingerprint density at radius 1 is 1.35 bits per heavy atom. The summed E-state index contributed by atoms with van der Waals surface area (Å²) in [5.41, 5.74) is 1.09. The van der Waals surface area contributed by atoms with Crippen LogP contribution in [0.3, 0.4) is 0 Å². The summed E-state index contributed by atoms with van der Waals surface area (Å²) in [5, 5.41) is 10.7. The third-order valence-electron chi connectivity index (χ3n) is 3.11. The van der Waals surface area contributed by atoms with Gasteiger partial charge in [0, 0.05) is 51.3 Å². The molecule has 0 saturated carbocycles. The summed E-state index contributed by atoms with van der Waals surface area (Å²) >= 11 is 0. The lowest BCUT2D eigenvalue weighted by atomic mass is 10.2. The van der Waals surface area contributed by atoms with Gasteiger partial charge in [-0.25, -0.2) is 4.98 Å². The van der Waals surface area contributed by atoms with Crippen LogP contribution in [0.25, 0.3) is 0 Å². The van der Waals surface area contributed by atoms with Crippen molar-refractivity contribution < 1.29 is 4.74 Å². The quantitative estimate of drug-likeness (QED) is 0.303. The van der Waals surface area contributed by atoms with E-state index in [2.05, 4.69) is 25.7 Å². The second kappa shape index (κ2) is 10.8. The molecular weight excluding hydrogens is 407 g/mol. The van der Waals surface area contributed by atoms with E-state index in [1.807, 2.05) is 29.1 Å². The van der Waals surface area contributed by atoms with Gasteiger partial charge in [-0.15, -0.1) is 24.0 Å². The molecule has 2 heterocycles. The fourth-order valence-electron chi connectivity index (χ4n) is 1.96. The largest absolute Gasteiger partial charge is 0.481 e. The van der Waals surface area contributed by atoms with Gasteiger partial charge in [0.25, 0.3) is 0 Å². The number of aryl methyl sites for hydroxylation is 1. The monoisotopic (exact) mass is 430 g/mol. The van der Waals surface area contributed by atoms with Crippen molar-refractivity contribution >= 4 is 29.9 Å². The Labute approximate surface area is 153 Å². The molecule has 0 aliphatic rings. The van der Waals surface area contributed by atoms with Crippen LogP contribution in [-0.2, 0) is 13.1 Å². The van der Waals surface area contributed by atoms with Crippen molar-refractivity contribution in [3.05, 3.63) is 42.4 Å². The minimum absolute atomic E-state index is 0. The first-order chi connectivity index (χ1) is 10.8. The number of nitrogens with one attached hydrogen (secondary N) is 2. The molecule has 0 aliphatic carbocycles. The first-order valence-electron chi connectivity index (χ1n) is 7.22. The lowest BCUT2D eigenvalue weighted by Gasteiger charge is -2.12. The lowest BCUT2D eigenvalue weighted by molar-refractivity contribution is 0.397. The molecule has 0 fully saturated rings. The molecule has 0 bridgehead atoms. The molecule has 7 nitrogen and oxygen atoms in total. The molecule has 0 atom stereocenters. The molecule has 0 amide bonds. The van der Waals surface area contributed by atoms with E-state index in [9.17, 15) is 0 Å². The van der Waals surface area contributed by atoms with Crippen LogP contribution in [0.5, 0.6) is 5.88 Å². The second-order valence-electron chi connectivity index (χ2n) is 4.68. The molecular formula is C15H23IN6O. The number of halogens is 1. The molecule has 2 aromatic heterocycles. The van der Waals surface area contributed by atoms with Crippen LogP contribution in [0.2, 0.25) is 0 Å². The Balaban J connectivity index is 0.00000264. The van der Waals surface area contributed by atoms with E-state index in [1.54, 1.807) is 26.6 Å². The average molecular weight is 430 g/mol. The fraction of sp³-hybridized carbons (Fsp3) is 0.400. The van der Waals surface area contributed by atoms with Crippen LogP contribution in [0.15, 0.2) is 41.8 Å². The summed E-state index contributed by atoms with van der Waals surface area (Å²) < 4.78 is 7.03. The zero-order chi connectivity index (χ0) is 15.6. The van der Waals surface area contributed by atoms with E-state index < -0.39 is 0 Å². The Kier molecular flexibility index (Phi) is 9.03. The highest BCUT2D eigenvalue weighted by Gasteiger charge is 2.00. The highest BCUT2D eigenvalue weighted by atomic mass is 127. The third-order valence-corrected chi connectivity index (χ3v) is 3.11. The zero-order valence-corrected chi connectivity index (χ0v) is 15.7. The summed E-state index contributed by atoms with van der Waals surface area (Å²) in [4.78, 5) is 8.29. The Morgan fingerprint density at radius 2 is 2.22 bits per heavy atom. The van der Waals surface area contributed by atoms with Gasteiger partial charge in [-0.3, -0.25) is 9.67 Å². The van der Waals surface area contributed by atoms with Gasteiger partial charge >= 0.3 is 0 Å². The van der Waals surface area contributed by atoms with Crippen molar-refractivity contribution in [2.45, 2.75) is 19.5 Å². The van der Waals surface area contributed by atoms with Crippen molar-refractivity contribution in [3.8, 4) is 5.88 Å².